The highest BCUT2D eigenvalue weighted by molar-refractivity contribution is 5.74. The average molecular weight is 335 g/mol. The van der Waals surface area contributed by atoms with Crippen molar-refractivity contribution in [1.82, 2.24) is 10.2 Å². The SMILES string of the molecule is CC(c1ccc(CC(=O)Oc2ccc(C#N)nn2)cc1)C(F)(F)F. The molecule has 0 saturated carbocycles. The summed E-state index contributed by atoms with van der Waals surface area (Å²) in [7, 11) is 0. The van der Waals surface area contributed by atoms with Gasteiger partial charge in [0.2, 0.25) is 5.88 Å². The van der Waals surface area contributed by atoms with Gasteiger partial charge >= 0.3 is 12.1 Å². The van der Waals surface area contributed by atoms with Crippen LogP contribution in [-0.2, 0) is 11.2 Å². The molecule has 0 saturated heterocycles. The molecule has 0 aliphatic rings. The molecule has 0 N–H and O–H groups in total. The van der Waals surface area contributed by atoms with E-state index in [1.807, 2.05) is 0 Å². The Morgan fingerprint density at radius 1 is 1.21 bits per heavy atom. The molecular weight excluding hydrogens is 323 g/mol. The molecule has 0 aliphatic carbocycles. The van der Waals surface area contributed by atoms with Gasteiger partial charge in [-0.2, -0.15) is 18.4 Å². The first kappa shape index (κ1) is 17.4. The smallest absolute Gasteiger partial charge is 0.395 e. The molecule has 1 atom stereocenters. The predicted octanol–water partition coefficient (Wildman–Crippen LogP) is 3.16. The number of nitriles is 1. The number of ether oxygens (including phenoxy) is 1. The molecule has 1 heterocycles. The van der Waals surface area contributed by atoms with E-state index in [-0.39, 0.29) is 23.6 Å². The highest BCUT2D eigenvalue weighted by atomic mass is 19.4. The Hall–Kier alpha value is -2.95. The first-order valence-corrected chi connectivity index (χ1v) is 6.89. The van der Waals surface area contributed by atoms with Gasteiger partial charge in [-0.15, -0.1) is 10.2 Å². The number of rotatable bonds is 4. The molecule has 8 heteroatoms. The second kappa shape index (κ2) is 7.08. The summed E-state index contributed by atoms with van der Waals surface area (Å²) in [6.45, 7) is 1.08. The van der Waals surface area contributed by atoms with Crippen molar-refractivity contribution < 1.29 is 22.7 Å². The van der Waals surface area contributed by atoms with Gasteiger partial charge in [-0.05, 0) is 24.1 Å². The van der Waals surface area contributed by atoms with Crippen LogP contribution >= 0.6 is 0 Å². The lowest BCUT2D eigenvalue weighted by Gasteiger charge is -2.16. The molecule has 124 valence electrons. The second-order valence-corrected chi connectivity index (χ2v) is 5.02. The topological polar surface area (TPSA) is 75.9 Å². The molecule has 24 heavy (non-hydrogen) atoms. The van der Waals surface area contributed by atoms with Crippen LogP contribution < -0.4 is 4.74 Å². The monoisotopic (exact) mass is 335 g/mol. The fraction of sp³-hybridized carbons (Fsp3) is 0.250. The highest BCUT2D eigenvalue weighted by Gasteiger charge is 2.36. The Kier molecular flexibility index (Phi) is 5.14. The number of esters is 1. The zero-order valence-electron chi connectivity index (χ0n) is 12.5. The summed E-state index contributed by atoms with van der Waals surface area (Å²) >= 11 is 0. The first-order chi connectivity index (χ1) is 11.3. The summed E-state index contributed by atoms with van der Waals surface area (Å²) in [5.74, 6) is -2.26. The second-order valence-electron chi connectivity index (χ2n) is 5.02. The van der Waals surface area contributed by atoms with Crippen LogP contribution in [0.15, 0.2) is 36.4 Å². The van der Waals surface area contributed by atoms with Crippen molar-refractivity contribution in [3.8, 4) is 11.9 Å². The molecule has 1 aromatic carbocycles. The fourth-order valence-electron chi connectivity index (χ4n) is 1.87. The van der Waals surface area contributed by atoms with Crippen LogP contribution in [0.4, 0.5) is 13.2 Å². The lowest BCUT2D eigenvalue weighted by molar-refractivity contribution is -0.146. The van der Waals surface area contributed by atoms with Crippen molar-refractivity contribution in [3.63, 3.8) is 0 Å². The number of carbonyl (C=O) groups excluding carboxylic acids is 1. The molecule has 2 rings (SSSR count). The molecule has 1 unspecified atom stereocenters. The van der Waals surface area contributed by atoms with Crippen molar-refractivity contribution >= 4 is 5.97 Å². The van der Waals surface area contributed by atoms with E-state index in [1.54, 1.807) is 6.07 Å². The Bertz CT molecular complexity index is 750. The standard InChI is InChI=1S/C16H12F3N3O2/c1-10(16(17,18)19)12-4-2-11(3-5-12)8-15(23)24-14-7-6-13(9-20)21-22-14/h2-7,10H,8H2,1H3. The molecule has 0 fully saturated rings. The summed E-state index contributed by atoms with van der Waals surface area (Å²) in [6, 6.07) is 10.0. The van der Waals surface area contributed by atoms with E-state index < -0.39 is 18.1 Å². The molecule has 0 amide bonds. The molecule has 1 aromatic heterocycles. The maximum absolute atomic E-state index is 12.6. The van der Waals surface area contributed by atoms with Gasteiger partial charge in [-0.25, -0.2) is 0 Å². The van der Waals surface area contributed by atoms with Gasteiger partial charge < -0.3 is 4.74 Å². The Morgan fingerprint density at radius 3 is 2.38 bits per heavy atom. The number of nitrogens with zero attached hydrogens (tertiary/aromatic N) is 3. The molecule has 0 bridgehead atoms. The Labute approximate surface area is 135 Å². The maximum Gasteiger partial charge on any atom is 0.395 e. The van der Waals surface area contributed by atoms with E-state index in [0.29, 0.717) is 5.56 Å². The quantitative estimate of drug-likeness (QED) is 0.802. The van der Waals surface area contributed by atoms with Crippen LogP contribution in [0.25, 0.3) is 0 Å². The Morgan fingerprint density at radius 2 is 1.88 bits per heavy atom. The van der Waals surface area contributed by atoms with Crippen LogP contribution in [-0.4, -0.2) is 22.3 Å². The third-order valence-corrected chi connectivity index (χ3v) is 3.29. The maximum atomic E-state index is 12.6. The van der Waals surface area contributed by atoms with Crippen LogP contribution in [0, 0.1) is 11.3 Å². The third-order valence-electron chi connectivity index (χ3n) is 3.29. The molecular formula is C16H12F3N3O2. The van der Waals surface area contributed by atoms with Crippen LogP contribution in [0.2, 0.25) is 0 Å². The van der Waals surface area contributed by atoms with E-state index in [2.05, 4.69) is 10.2 Å². The average Bonchev–Trinajstić information content (AvgIpc) is 2.54. The van der Waals surface area contributed by atoms with Gasteiger partial charge in [0.15, 0.2) is 5.69 Å². The minimum atomic E-state index is -4.31. The Balaban J connectivity index is 1.98. The number of halogens is 3. The summed E-state index contributed by atoms with van der Waals surface area (Å²) in [5, 5.41) is 15.7. The van der Waals surface area contributed by atoms with Crippen LogP contribution in [0.1, 0.15) is 29.7 Å². The predicted molar refractivity (Wildman–Crippen MR) is 77.0 cm³/mol. The minimum absolute atomic E-state index is 0.0543. The summed E-state index contributed by atoms with van der Waals surface area (Å²) in [4.78, 5) is 11.8. The number of hydrogen-bond donors (Lipinski definition) is 0. The van der Waals surface area contributed by atoms with Gasteiger partial charge in [-0.1, -0.05) is 24.3 Å². The number of hydrogen-bond acceptors (Lipinski definition) is 5. The molecule has 0 aliphatic heterocycles. The van der Waals surface area contributed by atoms with E-state index >= 15 is 0 Å². The molecule has 2 aromatic rings. The molecule has 0 radical (unpaired) electrons. The molecule has 5 nitrogen and oxygen atoms in total. The minimum Gasteiger partial charge on any atom is -0.406 e. The van der Waals surface area contributed by atoms with E-state index in [4.69, 9.17) is 10.00 Å². The summed E-state index contributed by atoms with van der Waals surface area (Å²) in [6.07, 6.45) is -4.43. The van der Waals surface area contributed by atoms with Crippen molar-refractivity contribution in [3.05, 3.63) is 53.2 Å². The lowest BCUT2D eigenvalue weighted by atomic mass is 9.99. The van der Waals surface area contributed by atoms with Crippen LogP contribution in [0.3, 0.4) is 0 Å². The number of aromatic nitrogens is 2. The third kappa shape index (κ3) is 4.52. The van der Waals surface area contributed by atoms with Gasteiger partial charge in [0.05, 0.1) is 12.3 Å². The normalized spacial score (nSPS) is 12.3. The van der Waals surface area contributed by atoms with Crippen molar-refractivity contribution in [2.45, 2.75) is 25.4 Å². The zero-order chi connectivity index (χ0) is 17.7. The largest absolute Gasteiger partial charge is 0.406 e. The van der Waals surface area contributed by atoms with Gasteiger partial charge in [-0.3, -0.25) is 4.79 Å². The first-order valence-electron chi connectivity index (χ1n) is 6.89. The van der Waals surface area contributed by atoms with Gasteiger partial charge in [0.1, 0.15) is 6.07 Å². The lowest BCUT2D eigenvalue weighted by Crippen LogP contribution is -2.17. The van der Waals surface area contributed by atoms with Crippen molar-refractivity contribution in [1.29, 1.82) is 5.26 Å². The highest BCUT2D eigenvalue weighted by Crippen LogP contribution is 2.34. The number of benzene rings is 1. The van der Waals surface area contributed by atoms with Crippen molar-refractivity contribution in [2.75, 3.05) is 0 Å². The van der Waals surface area contributed by atoms with E-state index in [9.17, 15) is 18.0 Å². The van der Waals surface area contributed by atoms with Gasteiger partial charge in [0.25, 0.3) is 0 Å². The van der Waals surface area contributed by atoms with Crippen molar-refractivity contribution in [2.24, 2.45) is 0 Å². The van der Waals surface area contributed by atoms with E-state index in [1.165, 1.54) is 36.4 Å². The van der Waals surface area contributed by atoms with Crippen LogP contribution in [0.5, 0.6) is 5.88 Å². The fourth-order valence-corrected chi connectivity index (χ4v) is 1.87. The summed E-state index contributed by atoms with van der Waals surface area (Å²) < 4.78 is 42.9. The van der Waals surface area contributed by atoms with E-state index in [0.717, 1.165) is 6.92 Å². The number of alkyl halides is 3. The summed E-state index contributed by atoms with van der Waals surface area (Å²) in [5.41, 5.74) is 0.724. The van der Waals surface area contributed by atoms with Gasteiger partial charge in [0, 0.05) is 6.07 Å². The molecule has 0 spiro atoms. The zero-order valence-corrected chi connectivity index (χ0v) is 12.5. The number of carbonyl (C=O) groups is 1.